The molecule has 0 N–H and O–H groups in total. The van der Waals surface area contributed by atoms with Gasteiger partial charge in [0, 0.05) is 40.7 Å². The second-order valence-electron chi connectivity index (χ2n) is 10.5. The van der Waals surface area contributed by atoms with E-state index in [2.05, 4.69) is 19.1 Å². The highest BCUT2D eigenvalue weighted by molar-refractivity contribution is 6.20. The van der Waals surface area contributed by atoms with Crippen LogP contribution in [0.2, 0.25) is 0 Å². The van der Waals surface area contributed by atoms with Crippen molar-refractivity contribution < 1.29 is 23.7 Å². The average Bonchev–Trinajstić information content (AvgIpc) is 3.23. The summed E-state index contributed by atoms with van der Waals surface area (Å²) in [5, 5.41) is 0. The normalized spacial score (nSPS) is 24.7. The molecule has 6 rings (SSSR count). The summed E-state index contributed by atoms with van der Waals surface area (Å²) in [6.07, 6.45) is 7.12. The van der Waals surface area contributed by atoms with Crippen LogP contribution in [0.1, 0.15) is 92.3 Å². The van der Waals surface area contributed by atoms with Crippen molar-refractivity contribution in [2.75, 3.05) is 13.7 Å². The van der Waals surface area contributed by atoms with Gasteiger partial charge in [-0.25, -0.2) is 4.79 Å². The summed E-state index contributed by atoms with van der Waals surface area (Å²) < 4.78 is 19.3. The zero-order valence-electron chi connectivity index (χ0n) is 21.4. The van der Waals surface area contributed by atoms with E-state index < -0.39 is 5.54 Å². The fourth-order valence-corrected chi connectivity index (χ4v) is 6.97. The fourth-order valence-electron chi connectivity index (χ4n) is 6.97. The molecule has 0 fully saturated rings. The van der Waals surface area contributed by atoms with Gasteiger partial charge in [0.1, 0.15) is 11.5 Å². The predicted molar refractivity (Wildman–Crippen MR) is 136 cm³/mol. The third-order valence-electron chi connectivity index (χ3n) is 8.65. The second kappa shape index (κ2) is 8.75. The van der Waals surface area contributed by atoms with E-state index in [-0.39, 0.29) is 18.1 Å². The Bertz CT molecular complexity index is 1300. The zero-order valence-corrected chi connectivity index (χ0v) is 21.4. The molecule has 2 aliphatic carbocycles. The van der Waals surface area contributed by atoms with E-state index >= 15 is 0 Å². The van der Waals surface area contributed by atoms with Crippen LogP contribution in [0.3, 0.4) is 0 Å². The lowest BCUT2D eigenvalue weighted by atomic mass is 9.69. The van der Waals surface area contributed by atoms with Gasteiger partial charge in [-0.1, -0.05) is 32.3 Å². The van der Waals surface area contributed by atoms with Gasteiger partial charge in [-0.3, -0.25) is 0 Å². The third kappa shape index (κ3) is 3.19. The van der Waals surface area contributed by atoms with Crippen molar-refractivity contribution in [2.45, 2.75) is 82.9 Å². The smallest absolute Gasteiger partial charge is 0.338 e. The second-order valence-corrected chi connectivity index (χ2v) is 10.5. The Morgan fingerprint density at radius 2 is 2.00 bits per heavy atom. The first-order valence-corrected chi connectivity index (χ1v) is 13.4. The Morgan fingerprint density at radius 1 is 1.17 bits per heavy atom. The number of fused-ring (bicyclic) bond motifs is 2. The Morgan fingerprint density at radius 3 is 2.78 bits per heavy atom. The molecule has 0 aromatic heterocycles. The summed E-state index contributed by atoms with van der Waals surface area (Å²) >= 11 is 0. The summed E-state index contributed by atoms with van der Waals surface area (Å²) in [5.74, 6) is 1.36. The van der Waals surface area contributed by atoms with E-state index in [0.29, 0.717) is 18.6 Å². The van der Waals surface area contributed by atoms with Gasteiger partial charge >= 0.3 is 5.97 Å². The molecule has 5 bridgehead atoms. The van der Waals surface area contributed by atoms with Gasteiger partial charge in [0.2, 0.25) is 0 Å². The van der Waals surface area contributed by atoms with E-state index in [4.69, 9.17) is 14.2 Å². The molecule has 1 spiro atoms. The highest BCUT2D eigenvalue weighted by atomic mass is 16.5. The molecule has 6 heteroatoms. The monoisotopic (exact) mass is 486 g/mol. The highest BCUT2D eigenvalue weighted by Gasteiger charge is 2.61. The van der Waals surface area contributed by atoms with Gasteiger partial charge in [-0.15, -0.1) is 0 Å². The van der Waals surface area contributed by atoms with Crippen LogP contribution in [0.15, 0.2) is 35.9 Å². The topological polar surface area (TPSA) is 70.1 Å². The lowest BCUT2D eigenvalue weighted by Crippen LogP contribution is -2.55. The number of carbonyl (C=O) groups excluding carboxylic acids is 1. The summed E-state index contributed by atoms with van der Waals surface area (Å²) in [6, 6.07) is 9.88. The summed E-state index contributed by atoms with van der Waals surface area (Å²) in [5.41, 5.74) is 18.5. The lowest BCUT2D eigenvalue weighted by Gasteiger charge is -2.47. The van der Waals surface area contributed by atoms with E-state index in [1.807, 2.05) is 25.1 Å². The molecule has 36 heavy (non-hydrogen) atoms. The number of carbonyl (C=O) groups is 1. The highest BCUT2D eigenvalue weighted by Crippen LogP contribution is 2.60. The molecule has 4 aliphatic rings. The molecule has 0 saturated heterocycles. The van der Waals surface area contributed by atoms with Crippen LogP contribution >= 0.6 is 0 Å². The number of esters is 1. The van der Waals surface area contributed by atoms with Gasteiger partial charge in [0.25, 0.3) is 0 Å². The molecule has 2 aromatic rings. The van der Waals surface area contributed by atoms with Gasteiger partial charge < -0.3 is 24.4 Å². The number of benzene rings is 2. The molecule has 2 aliphatic heterocycles. The number of nitrogens with zero attached hydrogens (tertiary/aromatic N) is 2. The van der Waals surface area contributed by atoms with Crippen molar-refractivity contribution in [2.24, 2.45) is 0 Å². The molecule has 0 saturated carbocycles. The molecular weight excluding hydrogens is 452 g/mol. The Hall–Kier alpha value is -3.15. The van der Waals surface area contributed by atoms with Crippen molar-refractivity contribution in [3.8, 4) is 11.5 Å². The summed E-state index contributed by atoms with van der Waals surface area (Å²) in [7, 11) is 1.69. The Labute approximate surface area is 212 Å². The SMILES string of the molecule is CCCCCCC1=C(C(=O)OCC)c2c3ccc4c2CC2(CCc5cc(OC)ccc5C2O4)[N+](=[N-])C13. The van der Waals surface area contributed by atoms with Gasteiger partial charge in [0.05, 0.1) is 19.3 Å². The van der Waals surface area contributed by atoms with Crippen LogP contribution < -0.4 is 9.47 Å². The van der Waals surface area contributed by atoms with Crippen molar-refractivity contribution in [3.63, 3.8) is 0 Å². The Kier molecular flexibility index (Phi) is 5.66. The Balaban J connectivity index is 1.50. The maximum absolute atomic E-state index is 13.3. The van der Waals surface area contributed by atoms with Crippen LogP contribution in [0.25, 0.3) is 11.1 Å². The largest absolute Gasteiger partial charge is 0.505 e. The number of aryl methyl sites for hydroxylation is 1. The lowest BCUT2D eigenvalue weighted by molar-refractivity contribution is -0.669. The number of unbranched alkanes of at least 4 members (excludes halogenated alkanes) is 3. The number of ether oxygens (including phenoxy) is 3. The number of hydrogen-bond acceptors (Lipinski definition) is 4. The minimum atomic E-state index is -0.598. The molecule has 3 unspecified atom stereocenters. The number of methoxy groups -OCH3 is 1. The molecule has 0 amide bonds. The molecule has 0 radical (unpaired) electrons. The van der Waals surface area contributed by atoms with E-state index in [1.54, 1.807) is 11.8 Å². The van der Waals surface area contributed by atoms with Crippen LogP contribution in [0.4, 0.5) is 0 Å². The van der Waals surface area contributed by atoms with Crippen molar-refractivity contribution >= 4 is 11.5 Å². The quantitative estimate of drug-likeness (QED) is 0.244. The van der Waals surface area contributed by atoms with Crippen LogP contribution in [0, 0.1) is 0 Å². The van der Waals surface area contributed by atoms with Crippen LogP contribution in [-0.4, -0.2) is 29.9 Å². The van der Waals surface area contributed by atoms with Gasteiger partial charge in [0.15, 0.2) is 17.7 Å². The maximum atomic E-state index is 13.3. The van der Waals surface area contributed by atoms with Crippen molar-refractivity contribution in [1.82, 2.24) is 0 Å². The van der Waals surface area contributed by atoms with E-state index in [0.717, 1.165) is 84.3 Å². The minimum Gasteiger partial charge on any atom is -0.505 e. The molecule has 188 valence electrons. The summed E-state index contributed by atoms with van der Waals surface area (Å²) in [4.78, 5) is 13.3. The number of rotatable bonds is 8. The first kappa shape index (κ1) is 23.3. The third-order valence-corrected chi connectivity index (χ3v) is 8.65. The minimum absolute atomic E-state index is 0.285. The molecule has 2 aromatic carbocycles. The maximum Gasteiger partial charge on any atom is 0.338 e. The van der Waals surface area contributed by atoms with E-state index in [9.17, 15) is 10.3 Å². The van der Waals surface area contributed by atoms with Crippen molar-refractivity contribution in [3.05, 3.63) is 69.3 Å². The van der Waals surface area contributed by atoms with Crippen molar-refractivity contribution in [1.29, 1.82) is 0 Å². The van der Waals surface area contributed by atoms with Crippen LogP contribution in [-0.2, 0) is 22.4 Å². The molecular formula is C30H34N2O4. The number of hydrogen-bond donors (Lipinski definition) is 0. The summed E-state index contributed by atoms with van der Waals surface area (Å²) in [6.45, 7) is 4.37. The van der Waals surface area contributed by atoms with Gasteiger partial charge in [-0.2, -0.15) is 0 Å². The molecule has 2 heterocycles. The fraction of sp³-hybridized carbons (Fsp3) is 0.500. The van der Waals surface area contributed by atoms with E-state index in [1.165, 1.54) is 5.56 Å². The standard InChI is InChI=1S/C30H34N2O4/c1-4-6-7-8-9-21-26(29(33)35-5-2)25-22-12-13-24-23(25)17-30(32(31)27(21)22)15-14-18-16-19(34-3)10-11-20(18)28(30)36-24/h10-13,16,27-28H,4-9,14-15,17H2,1-3H3. The first-order valence-electron chi connectivity index (χ1n) is 13.4. The van der Waals surface area contributed by atoms with Gasteiger partial charge in [-0.05, 0) is 56.0 Å². The molecule has 3 atom stereocenters. The predicted octanol–water partition coefficient (Wildman–Crippen LogP) is 6.45. The average molecular weight is 487 g/mol. The molecule has 6 nitrogen and oxygen atoms in total. The first-order chi connectivity index (χ1) is 17.5. The van der Waals surface area contributed by atoms with Crippen LogP contribution in [0.5, 0.6) is 11.5 Å². The zero-order chi connectivity index (χ0) is 25.0.